The highest BCUT2D eigenvalue weighted by atomic mass is 35.5. The van der Waals surface area contributed by atoms with Gasteiger partial charge in [-0.15, -0.1) is 0 Å². The second kappa shape index (κ2) is 7.23. The number of sulfonamides is 1. The van der Waals surface area contributed by atoms with Gasteiger partial charge in [0, 0.05) is 13.2 Å². The van der Waals surface area contributed by atoms with Gasteiger partial charge in [-0.1, -0.05) is 25.4 Å². The first-order valence-corrected chi connectivity index (χ1v) is 8.38. The van der Waals surface area contributed by atoms with Crippen LogP contribution in [0.1, 0.15) is 32.3 Å². The lowest BCUT2D eigenvalue weighted by atomic mass is 9.89. The average Bonchev–Trinajstić information content (AvgIpc) is 2.43. The Balaban J connectivity index is 2.69. The Morgan fingerprint density at radius 1 is 1.43 bits per heavy atom. The standard InChI is InChI=1S/C14H19ClN2O3S/c1-14(2,10-18)6-3-7-17-21(19,20)13-5-4-11(9-16)8-12(13)15/h4-5,8,17-18H,3,6-7,10H2,1-2H3. The molecule has 0 radical (unpaired) electrons. The highest BCUT2D eigenvalue weighted by molar-refractivity contribution is 7.89. The predicted octanol–water partition coefficient (Wildman–Crippen LogP) is 2.29. The highest BCUT2D eigenvalue weighted by Crippen LogP contribution is 2.23. The molecule has 0 saturated carbocycles. The Morgan fingerprint density at radius 2 is 2.10 bits per heavy atom. The molecule has 2 N–H and O–H groups in total. The fraction of sp³-hybridized carbons (Fsp3) is 0.500. The zero-order valence-corrected chi connectivity index (χ0v) is 13.6. The first kappa shape index (κ1) is 17.9. The summed E-state index contributed by atoms with van der Waals surface area (Å²) in [5.41, 5.74) is 0.0843. The molecule has 116 valence electrons. The van der Waals surface area contributed by atoms with Gasteiger partial charge in [0.2, 0.25) is 10.0 Å². The van der Waals surface area contributed by atoms with Crippen molar-refractivity contribution in [1.29, 1.82) is 5.26 Å². The maximum absolute atomic E-state index is 12.1. The third-order valence-corrected chi connectivity index (χ3v) is 5.04. The van der Waals surface area contributed by atoms with Crippen molar-refractivity contribution in [2.75, 3.05) is 13.2 Å². The lowest BCUT2D eigenvalue weighted by Gasteiger charge is -2.21. The van der Waals surface area contributed by atoms with Crippen LogP contribution in [0.2, 0.25) is 5.02 Å². The lowest BCUT2D eigenvalue weighted by Crippen LogP contribution is -2.27. The molecule has 0 spiro atoms. The van der Waals surface area contributed by atoms with Gasteiger partial charge in [0.25, 0.3) is 0 Å². The summed E-state index contributed by atoms with van der Waals surface area (Å²) >= 11 is 5.90. The third-order valence-electron chi connectivity index (χ3n) is 3.10. The molecule has 1 aromatic carbocycles. The number of hydrogen-bond donors (Lipinski definition) is 2. The summed E-state index contributed by atoms with van der Waals surface area (Å²) in [5.74, 6) is 0. The Hall–Kier alpha value is -1.13. The molecule has 0 aromatic heterocycles. The molecular formula is C14H19ClN2O3S. The molecule has 0 amide bonds. The van der Waals surface area contributed by atoms with Crippen LogP contribution in [0, 0.1) is 16.7 Å². The third kappa shape index (κ3) is 5.29. The van der Waals surface area contributed by atoms with Gasteiger partial charge in [-0.3, -0.25) is 0 Å². The lowest BCUT2D eigenvalue weighted by molar-refractivity contribution is 0.148. The van der Waals surface area contributed by atoms with E-state index >= 15 is 0 Å². The summed E-state index contributed by atoms with van der Waals surface area (Å²) in [6.07, 6.45) is 1.31. The fourth-order valence-electron chi connectivity index (χ4n) is 1.72. The van der Waals surface area contributed by atoms with Crippen LogP contribution in [0.15, 0.2) is 23.1 Å². The molecule has 21 heavy (non-hydrogen) atoms. The normalized spacial score (nSPS) is 12.1. The van der Waals surface area contributed by atoms with Crippen molar-refractivity contribution in [3.05, 3.63) is 28.8 Å². The van der Waals surface area contributed by atoms with E-state index in [-0.39, 0.29) is 28.5 Å². The molecule has 0 unspecified atom stereocenters. The monoisotopic (exact) mass is 330 g/mol. The smallest absolute Gasteiger partial charge is 0.242 e. The van der Waals surface area contributed by atoms with Crippen molar-refractivity contribution < 1.29 is 13.5 Å². The number of aliphatic hydroxyl groups is 1. The molecule has 0 fully saturated rings. The first-order chi connectivity index (χ1) is 9.72. The Morgan fingerprint density at radius 3 is 2.62 bits per heavy atom. The molecule has 0 saturated heterocycles. The van der Waals surface area contributed by atoms with Crippen molar-refractivity contribution in [1.82, 2.24) is 4.72 Å². The van der Waals surface area contributed by atoms with E-state index in [1.807, 2.05) is 19.9 Å². The second-order valence-corrected chi connectivity index (χ2v) is 7.72. The molecule has 0 aliphatic heterocycles. The van der Waals surface area contributed by atoms with E-state index in [1.54, 1.807) is 0 Å². The van der Waals surface area contributed by atoms with Gasteiger partial charge in [0.1, 0.15) is 4.90 Å². The quantitative estimate of drug-likeness (QED) is 0.750. The highest BCUT2D eigenvalue weighted by Gasteiger charge is 2.19. The molecule has 1 aromatic rings. The number of nitrogens with zero attached hydrogens (tertiary/aromatic N) is 1. The number of rotatable bonds is 7. The first-order valence-electron chi connectivity index (χ1n) is 6.52. The van der Waals surface area contributed by atoms with Gasteiger partial charge in [0.05, 0.1) is 16.7 Å². The van der Waals surface area contributed by atoms with E-state index < -0.39 is 10.0 Å². The summed E-state index contributed by atoms with van der Waals surface area (Å²) in [4.78, 5) is -0.0374. The van der Waals surface area contributed by atoms with E-state index in [9.17, 15) is 8.42 Å². The maximum atomic E-state index is 12.1. The number of hydrogen-bond acceptors (Lipinski definition) is 4. The average molecular weight is 331 g/mol. The zero-order valence-electron chi connectivity index (χ0n) is 12.1. The molecule has 7 heteroatoms. The molecular weight excluding hydrogens is 312 g/mol. The van der Waals surface area contributed by atoms with Crippen LogP contribution in [-0.4, -0.2) is 26.7 Å². The second-order valence-electron chi connectivity index (χ2n) is 5.58. The molecule has 0 heterocycles. The Kier molecular flexibility index (Phi) is 6.17. The zero-order chi connectivity index (χ0) is 16.1. The van der Waals surface area contributed by atoms with Crippen molar-refractivity contribution in [2.45, 2.75) is 31.6 Å². The van der Waals surface area contributed by atoms with E-state index in [2.05, 4.69) is 4.72 Å². The topological polar surface area (TPSA) is 90.2 Å². The van der Waals surface area contributed by atoms with Crippen molar-refractivity contribution >= 4 is 21.6 Å². The summed E-state index contributed by atoms with van der Waals surface area (Å²) in [6, 6.07) is 5.96. The molecule has 0 aliphatic carbocycles. The van der Waals surface area contributed by atoms with Crippen molar-refractivity contribution in [2.24, 2.45) is 5.41 Å². The van der Waals surface area contributed by atoms with Crippen LogP contribution in [0.25, 0.3) is 0 Å². The number of nitrogens with one attached hydrogen (secondary N) is 1. The van der Waals surface area contributed by atoms with Gasteiger partial charge >= 0.3 is 0 Å². The maximum Gasteiger partial charge on any atom is 0.242 e. The number of halogens is 1. The number of nitriles is 1. The molecule has 0 bridgehead atoms. The predicted molar refractivity (Wildman–Crippen MR) is 81.5 cm³/mol. The van der Waals surface area contributed by atoms with Crippen LogP contribution in [-0.2, 0) is 10.0 Å². The van der Waals surface area contributed by atoms with Gasteiger partial charge < -0.3 is 5.11 Å². The Labute approximate surface area is 130 Å². The number of aliphatic hydroxyl groups excluding tert-OH is 1. The van der Waals surface area contributed by atoms with Gasteiger partial charge in [-0.25, -0.2) is 13.1 Å². The van der Waals surface area contributed by atoms with E-state index in [0.29, 0.717) is 18.4 Å². The summed E-state index contributed by atoms with van der Waals surface area (Å²) in [7, 11) is -3.69. The molecule has 0 atom stereocenters. The largest absolute Gasteiger partial charge is 0.396 e. The van der Waals surface area contributed by atoms with E-state index in [1.165, 1.54) is 18.2 Å². The minimum absolute atomic E-state index is 0.0252. The SMILES string of the molecule is CC(C)(CO)CCCNS(=O)(=O)c1ccc(C#N)cc1Cl. The van der Waals surface area contributed by atoms with Gasteiger partial charge in [-0.05, 0) is 36.5 Å². The molecule has 0 aliphatic rings. The summed E-state index contributed by atoms with van der Waals surface area (Å²) < 4.78 is 26.7. The summed E-state index contributed by atoms with van der Waals surface area (Å²) in [6.45, 7) is 4.15. The van der Waals surface area contributed by atoms with Crippen molar-refractivity contribution in [3.8, 4) is 6.07 Å². The van der Waals surface area contributed by atoms with Crippen LogP contribution >= 0.6 is 11.6 Å². The minimum atomic E-state index is -3.69. The summed E-state index contributed by atoms with van der Waals surface area (Å²) in [5, 5.41) is 17.9. The molecule has 1 rings (SSSR count). The van der Waals surface area contributed by atoms with Crippen LogP contribution < -0.4 is 4.72 Å². The van der Waals surface area contributed by atoms with E-state index in [4.69, 9.17) is 22.0 Å². The van der Waals surface area contributed by atoms with Gasteiger partial charge in [0.15, 0.2) is 0 Å². The van der Waals surface area contributed by atoms with E-state index in [0.717, 1.165) is 0 Å². The Bertz CT molecular complexity index is 636. The van der Waals surface area contributed by atoms with Crippen LogP contribution in [0.4, 0.5) is 0 Å². The van der Waals surface area contributed by atoms with Crippen LogP contribution in [0.5, 0.6) is 0 Å². The molecule has 5 nitrogen and oxygen atoms in total. The van der Waals surface area contributed by atoms with Gasteiger partial charge in [-0.2, -0.15) is 5.26 Å². The van der Waals surface area contributed by atoms with Crippen molar-refractivity contribution in [3.63, 3.8) is 0 Å². The minimum Gasteiger partial charge on any atom is -0.396 e. The van der Waals surface area contributed by atoms with Crippen LogP contribution in [0.3, 0.4) is 0 Å². The number of benzene rings is 1. The fourth-order valence-corrected chi connectivity index (χ4v) is 3.34.